The van der Waals surface area contributed by atoms with Crippen LogP contribution in [0.1, 0.15) is 11.5 Å². The van der Waals surface area contributed by atoms with E-state index in [-0.39, 0.29) is 5.56 Å². The minimum atomic E-state index is -0.613. The van der Waals surface area contributed by atoms with Gasteiger partial charge in [-0.2, -0.15) is 0 Å². The lowest BCUT2D eigenvalue weighted by molar-refractivity contribution is 0.547. The third-order valence-electron chi connectivity index (χ3n) is 1.82. The zero-order valence-electron chi connectivity index (χ0n) is 7.65. The molecule has 0 bridgehead atoms. The molecule has 0 atom stereocenters. The Morgan fingerprint density at radius 2 is 2.07 bits per heavy atom. The molecule has 0 saturated carbocycles. The number of aromatic nitrogens is 1. The van der Waals surface area contributed by atoms with Crippen LogP contribution in [-0.4, -0.2) is 4.98 Å². The molecule has 2 aromatic rings. The van der Waals surface area contributed by atoms with Gasteiger partial charge in [-0.1, -0.05) is 0 Å². The molecule has 0 saturated heterocycles. The monoisotopic (exact) mass is 207 g/mol. The summed E-state index contributed by atoms with van der Waals surface area (Å²) < 4.78 is 30.6. The van der Waals surface area contributed by atoms with Crippen molar-refractivity contribution in [3.8, 4) is 0 Å². The highest BCUT2D eigenvalue weighted by Crippen LogP contribution is 2.12. The van der Waals surface area contributed by atoms with Crippen LogP contribution in [-0.2, 0) is 0 Å². The minimum Gasteiger partial charge on any atom is -0.445 e. The first-order chi connectivity index (χ1) is 7.25. The highest BCUT2D eigenvalue weighted by atomic mass is 19.1. The molecule has 0 amide bonds. The van der Waals surface area contributed by atoms with E-state index in [1.54, 1.807) is 0 Å². The smallest absolute Gasteiger partial charge is 0.218 e. The van der Waals surface area contributed by atoms with Gasteiger partial charge < -0.3 is 4.42 Å². The van der Waals surface area contributed by atoms with E-state index in [9.17, 15) is 8.78 Å². The van der Waals surface area contributed by atoms with Gasteiger partial charge in [0.25, 0.3) is 0 Å². The number of benzene rings is 1. The summed E-state index contributed by atoms with van der Waals surface area (Å²) in [5.41, 5.74) is 0.287. The molecule has 0 aliphatic carbocycles. The van der Waals surface area contributed by atoms with Crippen LogP contribution in [0, 0.1) is 11.6 Å². The molecule has 1 aromatic carbocycles. The van der Waals surface area contributed by atoms with Crippen molar-refractivity contribution in [3.63, 3.8) is 0 Å². The summed E-state index contributed by atoms with van der Waals surface area (Å²) in [6.45, 7) is 0. The van der Waals surface area contributed by atoms with Crippen molar-refractivity contribution in [2.75, 3.05) is 0 Å². The van der Waals surface area contributed by atoms with Crippen molar-refractivity contribution in [3.05, 3.63) is 53.7 Å². The molecule has 4 heteroatoms. The Balaban J connectivity index is 2.24. The second-order valence-corrected chi connectivity index (χ2v) is 2.87. The molecule has 0 N–H and O–H groups in total. The van der Waals surface area contributed by atoms with Crippen molar-refractivity contribution >= 4 is 12.2 Å². The Bertz CT molecular complexity index is 477. The van der Waals surface area contributed by atoms with Gasteiger partial charge in [-0.05, 0) is 18.2 Å². The number of hydrogen-bond donors (Lipinski definition) is 0. The van der Waals surface area contributed by atoms with E-state index < -0.39 is 11.6 Å². The van der Waals surface area contributed by atoms with Gasteiger partial charge >= 0.3 is 0 Å². The van der Waals surface area contributed by atoms with Crippen LogP contribution in [0.25, 0.3) is 12.2 Å². The molecule has 1 aromatic heterocycles. The zero-order valence-corrected chi connectivity index (χ0v) is 7.65. The van der Waals surface area contributed by atoms with Crippen LogP contribution >= 0.6 is 0 Å². The highest BCUT2D eigenvalue weighted by Gasteiger charge is 2.00. The first-order valence-electron chi connectivity index (χ1n) is 4.28. The molecule has 0 fully saturated rings. The maximum atomic E-state index is 13.1. The molecule has 0 aliphatic heterocycles. The molecule has 0 unspecified atom stereocenters. The third kappa shape index (κ3) is 2.28. The lowest BCUT2D eigenvalue weighted by Gasteiger charge is -1.95. The van der Waals surface area contributed by atoms with Gasteiger partial charge in [-0.3, -0.25) is 0 Å². The number of nitrogens with zero attached hydrogens (tertiary/aromatic N) is 1. The van der Waals surface area contributed by atoms with Gasteiger partial charge in [0.15, 0.2) is 0 Å². The van der Waals surface area contributed by atoms with Crippen LogP contribution in [0.4, 0.5) is 8.78 Å². The number of halogens is 2. The van der Waals surface area contributed by atoms with Crippen molar-refractivity contribution in [1.29, 1.82) is 0 Å². The summed E-state index contributed by atoms with van der Waals surface area (Å²) in [5, 5.41) is 0. The Hall–Kier alpha value is -1.97. The molecule has 1 heterocycles. The van der Waals surface area contributed by atoms with Crippen molar-refractivity contribution in [1.82, 2.24) is 4.98 Å². The average Bonchev–Trinajstić information content (AvgIpc) is 2.69. The van der Waals surface area contributed by atoms with Gasteiger partial charge in [0.1, 0.15) is 17.9 Å². The normalized spacial score (nSPS) is 11.1. The predicted octanol–water partition coefficient (Wildman–Crippen LogP) is 3.12. The van der Waals surface area contributed by atoms with Crippen molar-refractivity contribution in [2.24, 2.45) is 0 Å². The van der Waals surface area contributed by atoms with E-state index in [0.29, 0.717) is 5.89 Å². The second-order valence-electron chi connectivity index (χ2n) is 2.87. The summed E-state index contributed by atoms with van der Waals surface area (Å²) in [4.78, 5) is 3.83. The van der Waals surface area contributed by atoms with E-state index in [1.807, 2.05) is 0 Å². The minimum absolute atomic E-state index is 0.287. The standard InChI is InChI=1S/C11H7F2NO/c12-9-3-1-8(10(13)7-9)2-4-11-14-5-6-15-11/h1-7H. The van der Waals surface area contributed by atoms with Crippen LogP contribution in [0.2, 0.25) is 0 Å². The van der Waals surface area contributed by atoms with Crippen molar-refractivity contribution < 1.29 is 13.2 Å². The van der Waals surface area contributed by atoms with E-state index >= 15 is 0 Å². The first-order valence-corrected chi connectivity index (χ1v) is 4.28. The highest BCUT2D eigenvalue weighted by molar-refractivity contribution is 5.66. The predicted molar refractivity (Wildman–Crippen MR) is 51.8 cm³/mol. The van der Waals surface area contributed by atoms with Gasteiger partial charge in [-0.15, -0.1) is 0 Å². The largest absolute Gasteiger partial charge is 0.445 e. The fourth-order valence-corrected chi connectivity index (χ4v) is 1.11. The van der Waals surface area contributed by atoms with Crippen LogP contribution in [0.5, 0.6) is 0 Å². The van der Waals surface area contributed by atoms with E-state index in [1.165, 1.54) is 36.7 Å². The lowest BCUT2D eigenvalue weighted by atomic mass is 10.2. The topological polar surface area (TPSA) is 26.0 Å². The summed E-state index contributed by atoms with van der Waals surface area (Å²) in [6.07, 6.45) is 5.89. The van der Waals surface area contributed by atoms with E-state index in [4.69, 9.17) is 4.42 Å². The van der Waals surface area contributed by atoms with Crippen LogP contribution in [0.15, 0.2) is 35.1 Å². The summed E-state index contributed by atoms with van der Waals surface area (Å²) in [7, 11) is 0. The molecule has 2 nitrogen and oxygen atoms in total. The summed E-state index contributed by atoms with van der Waals surface area (Å²) in [6, 6.07) is 3.37. The molecule has 2 rings (SSSR count). The average molecular weight is 207 g/mol. The Morgan fingerprint density at radius 3 is 2.73 bits per heavy atom. The number of hydrogen-bond acceptors (Lipinski definition) is 2. The molecule has 0 radical (unpaired) electrons. The summed E-state index contributed by atoms with van der Waals surface area (Å²) >= 11 is 0. The fraction of sp³-hybridized carbons (Fsp3) is 0. The van der Waals surface area contributed by atoms with Gasteiger partial charge in [-0.25, -0.2) is 13.8 Å². The molecule has 15 heavy (non-hydrogen) atoms. The third-order valence-corrected chi connectivity index (χ3v) is 1.82. The fourth-order valence-electron chi connectivity index (χ4n) is 1.11. The molecule has 76 valence electrons. The molecule has 0 spiro atoms. The lowest BCUT2D eigenvalue weighted by Crippen LogP contribution is -1.83. The maximum absolute atomic E-state index is 13.1. The zero-order chi connectivity index (χ0) is 10.7. The second kappa shape index (κ2) is 4.04. The quantitative estimate of drug-likeness (QED) is 0.756. The number of oxazole rings is 1. The van der Waals surface area contributed by atoms with Crippen LogP contribution < -0.4 is 0 Å². The van der Waals surface area contributed by atoms with Crippen molar-refractivity contribution in [2.45, 2.75) is 0 Å². The van der Waals surface area contributed by atoms with Crippen LogP contribution in [0.3, 0.4) is 0 Å². The first kappa shape index (κ1) is 9.58. The Morgan fingerprint density at radius 1 is 1.20 bits per heavy atom. The number of rotatable bonds is 2. The van der Waals surface area contributed by atoms with Gasteiger partial charge in [0.05, 0.1) is 6.20 Å². The Kier molecular flexibility index (Phi) is 2.58. The molecule has 0 aliphatic rings. The maximum Gasteiger partial charge on any atom is 0.218 e. The Labute approximate surface area is 84.9 Å². The summed E-state index contributed by atoms with van der Waals surface area (Å²) in [5.74, 6) is -0.836. The molecular weight excluding hydrogens is 200 g/mol. The van der Waals surface area contributed by atoms with Gasteiger partial charge in [0.2, 0.25) is 5.89 Å². The molecular formula is C11H7F2NO. The SMILES string of the molecule is Fc1ccc(C=Cc2ncco2)c(F)c1. The van der Waals surface area contributed by atoms with Gasteiger partial charge in [0, 0.05) is 17.7 Å². The van der Waals surface area contributed by atoms with E-state index in [0.717, 1.165) is 6.07 Å². The van der Waals surface area contributed by atoms with E-state index in [2.05, 4.69) is 4.98 Å².